The second-order valence-electron chi connectivity index (χ2n) is 13.9. The van der Waals surface area contributed by atoms with Gasteiger partial charge in [0.05, 0.1) is 22.1 Å². The highest BCUT2D eigenvalue weighted by Gasteiger charge is 2.22. The summed E-state index contributed by atoms with van der Waals surface area (Å²) < 4.78 is 4.69. The molecule has 0 aliphatic rings. The summed E-state index contributed by atoms with van der Waals surface area (Å²) in [6.45, 7) is 0. The number of rotatable bonds is 6. The molecule has 0 N–H and O–H groups in total. The van der Waals surface area contributed by atoms with E-state index in [0.29, 0.717) is 17.5 Å². The molecule has 0 amide bonds. The quantitative estimate of drug-likeness (QED) is 0.172. The number of pyridine rings is 1. The minimum absolute atomic E-state index is 0.562. The molecule has 0 spiro atoms. The summed E-state index contributed by atoms with van der Waals surface area (Å²) in [7, 11) is 0. The Morgan fingerprint density at radius 3 is 1.46 bits per heavy atom. The number of aromatic nitrogens is 6. The highest BCUT2D eigenvalue weighted by molar-refractivity contribution is 6.23. The Balaban J connectivity index is 1.11. The van der Waals surface area contributed by atoms with Gasteiger partial charge in [0.1, 0.15) is 5.82 Å². The van der Waals surface area contributed by atoms with E-state index in [1.807, 2.05) is 42.6 Å². The van der Waals surface area contributed by atoms with Crippen molar-refractivity contribution in [2.45, 2.75) is 0 Å². The molecule has 11 rings (SSSR count). The van der Waals surface area contributed by atoms with Crippen molar-refractivity contribution in [2.75, 3.05) is 0 Å². The molecule has 0 bridgehead atoms. The third-order valence-corrected chi connectivity index (χ3v) is 10.6. The predicted molar refractivity (Wildman–Crippen MR) is 228 cm³/mol. The largest absolute Gasteiger partial charge is 0.307 e. The third kappa shape index (κ3) is 5.19. The molecule has 6 heteroatoms. The number of benzene rings is 7. The molecule has 0 aliphatic carbocycles. The first-order valence-electron chi connectivity index (χ1n) is 18.7. The smallest absolute Gasteiger partial charge is 0.165 e. The minimum atomic E-state index is 0.562. The van der Waals surface area contributed by atoms with E-state index in [-0.39, 0.29) is 0 Å². The van der Waals surface area contributed by atoms with Crippen LogP contribution in [0, 0.1) is 0 Å². The van der Waals surface area contributed by atoms with E-state index in [9.17, 15) is 0 Å². The maximum atomic E-state index is 5.17. The molecule has 0 saturated carbocycles. The van der Waals surface area contributed by atoms with E-state index < -0.39 is 0 Å². The van der Waals surface area contributed by atoms with Gasteiger partial charge in [0.25, 0.3) is 0 Å². The molecule has 0 atom stereocenters. The monoisotopic (exact) mass is 716 g/mol. The van der Waals surface area contributed by atoms with Gasteiger partial charge in [-0.05, 0) is 53.6 Å². The van der Waals surface area contributed by atoms with Crippen molar-refractivity contribution in [3.05, 3.63) is 194 Å². The second-order valence-corrected chi connectivity index (χ2v) is 13.9. The second kappa shape index (κ2) is 13.0. The molecule has 56 heavy (non-hydrogen) atoms. The van der Waals surface area contributed by atoms with Crippen LogP contribution >= 0.6 is 0 Å². The minimum Gasteiger partial charge on any atom is -0.307 e. The summed E-state index contributed by atoms with van der Waals surface area (Å²) >= 11 is 0. The Morgan fingerprint density at radius 2 is 0.821 bits per heavy atom. The van der Waals surface area contributed by atoms with Crippen LogP contribution in [0.15, 0.2) is 194 Å². The first-order chi connectivity index (χ1) is 27.8. The van der Waals surface area contributed by atoms with Crippen molar-refractivity contribution in [1.82, 2.24) is 29.1 Å². The lowest BCUT2D eigenvalue weighted by molar-refractivity contribution is 1.05. The topological polar surface area (TPSA) is 61.4 Å². The fourth-order valence-electron chi connectivity index (χ4n) is 8.05. The normalized spacial score (nSPS) is 11.6. The summed E-state index contributed by atoms with van der Waals surface area (Å²) in [6.07, 6.45) is 1.89. The number of para-hydroxylation sites is 3. The first kappa shape index (κ1) is 31.8. The molecule has 262 valence electrons. The van der Waals surface area contributed by atoms with Gasteiger partial charge in [0.2, 0.25) is 0 Å². The van der Waals surface area contributed by atoms with Crippen LogP contribution < -0.4 is 0 Å². The van der Waals surface area contributed by atoms with Crippen molar-refractivity contribution in [3.63, 3.8) is 0 Å². The van der Waals surface area contributed by atoms with E-state index in [1.54, 1.807) is 0 Å². The van der Waals surface area contributed by atoms with Crippen LogP contribution in [0.2, 0.25) is 0 Å². The van der Waals surface area contributed by atoms with E-state index in [4.69, 9.17) is 19.9 Å². The lowest BCUT2D eigenvalue weighted by Crippen LogP contribution is -2.02. The standard InChI is InChI=1S/C50H32N6/c1-4-15-33(16-5-1)35-19-14-20-36(31-35)49-52-48(34-17-6-2-7-18-34)53-50(54-49)37-27-30-45(51-32-37)56-44-26-13-11-24-40(44)42-29-28-41-39-23-10-12-25-43(39)55(46(41)47(42)56)38-21-8-3-9-22-38/h1-32H. The van der Waals surface area contributed by atoms with Gasteiger partial charge in [-0.15, -0.1) is 0 Å². The van der Waals surface area contributed by atoms with Crippen molar-refractivity contribution in [3.8, 4) is 56.8 Å². The number of fused-ring (bicyclic) bond motifs is 7. The van der Waals surface area contributed by atoms with Crippen molar-refractivity contribution < 1.29 is 0 Å². The molecule has 4 aromatic heterocycles. The Hall–Kier alpha value is -7.70. The van der Waals surface area contributed by atoms with E-state index in [2.05, 4.69) is 161 Å². The number of hydrogen-bond donors (Lipinski definition) is 0. The highest BCUT2D eigenvalue weighted by atomic mass is 15.1. The van der Waals surface area contributed by atoms with Gasteiger partial charge in [-0.25, -0.2) is 19.9 Å². The molecule has 0 radical (unpaired) electrons. The first-order valence-corrected chi connectivity index (χ1v) is 18.7. The SMILES string of the molecule is c1ccc(-c2cccc(-c3nc(-c4ccccc4)nc(-c4ccc(-n5c6ccccc6c6ccc7c8ccccc8n(-c8ccccc8)c7c65)nc4)n3)c2)cc1. The van der Waals surface area contributed by atoms with E-state index in [0.717, 1.165) is 61.4 Å². The third-order valence-electron chi connectivity index (χ3n) is 10.6. The average Bonchev–Trinajstić information content (AvgIpc) is 3.80. The molecule has 4 heterocycles. The highest BCUT2D eigenvalue weighted by Crippen LogP contribution is 2.41. The summed E-state index contributed by atoms with van der Waals surface area (Å²) in [5.74, 6) is 2.59. The zero-order valence-corrected chi connectivity index (χ0v) is 30.2. The molecule has 0 unspecified atom stereocenters. The number of nitrogens with zero attached hydrogens (tertiary/aromatic N) is 6. The zero-order chi connectivity index (χ0) is 37.0. The van der Waals surface area contributed by atoms with Crippen molar-refractivity contribution in [2.24, 2.45) is 0 Å². The lowest BCUT2D eigenvalue weighted by Gasteiger charge is -2.12. The van der Waals surface area contributed by atoms with Crippen molar-refractivity contribution in [1.29, 1.82) is 0 Å². The van der Waals surface area contributed by atoms with Crippen LogP contribution in [-0.2, 0) is 0 Å². The predicted octanol–water partition coefficient (Wildman–Crippen LogP) is 12.1. The summed E-state index contributed by atoms with van der Waals surface area (Å²) in [5, 5.41) is 4.75. The van der Waals surface area contributed by atoms with Gasteiger partial charge in [0.15, 0.2) is 17.5 Å². The molecule has 7 aromatic carbocycles. The molecule has 6 nitrogen and oxygen atoms in total. The molecule has 0 fully saturated rings. The zero-order valence-electron chi connectivity index (χ0n) is 30.2. The summed E-state index contributed by atoms with van der Waals surface area (Å²) in [4.78, 5) is 20.2. The maximum absolute atomic E-state index is 5.17. The van der Waals surface area contributed by atoms with Crippen LogP contribution in [0.5, 0.6) is 0 Å². The van der Waals surface area contributed by atoms with Gasteiger partial charge in [-0.3, -0.25) is 4.57 Å². The lowest BCUT2D eigenvalue weighted by atomic mass is 10.0. The Labute approximate surface area is 322 Å². The van der Waals surface area contributed by atoms with E-state index >= 15 is 0 Å². The Kier molecular flexibility index (Phi) is 7.38. The van der Waals surface area contributed by atoms with Crippen LogP contribution in [0.25, 0.3) is 100 Å². The van der Waals surface area contributed by atoms with Crippen LogP contribution in [0.3, 0.4) is 0 Å². The fourth-order valence-corrected chi connectivity index (χ4v) is 8.05. The average molecular weight is 717 g/mol. The van der Waals surface area contributed by atoms with Gasteiger partial charge >= 0.3 is 0 Å². The summed E-state index contributed by atoms with van der Waals surface area (Å²) in [5.41, 5.74) is 10.5. The van der Waals surface area contributed by atoms with Crippen LogP contribution in [0.4, 0.5) is 0 Å². The van der Waals surface area contributed by atoms with Crippen molar-refractivity contribution >= 4 is 43.6 Å². The molecule has 11 aromatic rings. The van der Waals surface area contributed by atoms with Gasteiger partial charge in [-0.2, -0.15) is 0 Å². The van der Waals surface area contributed by atoms with Gasteiger partial charge < -0.3 is 4.57 Å². The summed E-state index contributed by atoms with van der Waals surface area (Å²) in [6, 6.07) is 65.3. The fraction of sp³-hybridized carbons (Fsp3) is 0. The molecular weight excluding hydrogens is 685 g/mol. The van der Waals surface area contributed by atoms with Gasteiger partial charge in [-0.1, -0.05) is 146 Å². The van der Waals surface area contributed by atoms with E-state index in [1.165, 1.54) is 21.5 Å². The molecule has 0 saturated heterocycles. The Morgan fingerprint density at radius 1 is 0.321 bits per heavy atom. The van der Waals surface area contributed by atoms with Gasteiger partial charge in [0, 0.05) is 50.1 Å². The molecular formula is C50H32N6. The number of hydrogen-bond acceptors (Lipinski definition) is 4. The van der Waals surface area contributed by atoms with Crippen LogP contribution in [-0.4, -0.2) is 29.1 Å². The maximum Gasteiger partial charge on any atom is 0.165 e. The van der Waals surface area contributed by atoms with Crippen LogP contribution in [0.1, 0.15) is 0 Å². The molecule has 0 aliphatic heterocycles. The Bertz CT molecular complexity index is 3220.